The van der Waals surface area contributed by atoms with E-state index in [4.69, 9.17) is 21.1 Å². The van der Waals surface area contributed by atoms with Gasteiger partial charge in [-0.05, 0) is 12.5 Å². The first kappa shape index (κ1) is 18.7. The maximum absolute atomic E-state index is 11.5. The second-order valence-corrected chi connectivity index (χ2v) is 5.24. The summed E-state index contributed by atoms with van der Waals surface area (Å²) in [5.41, 5.74) is 1.96. The van der Waals surface area contributed by atoms with E-state index in [0.717, 1.165) is 0 Å². The van der Waals surface area contributed by atoms with Gasteiger partial charge in [0, 0.05) is 12.7 Å². The number of ether oxygens (including phenoxy) is 2. The topological polar surface area (TPSA) is 83.4 Å². The number of hydroxylamine groups is 1. The molecule has 7 nitrogen and oxygen atoms in total. The van der Waals surface area contributed by atoms with Crippen molar-refractivity contribution in [1.29, 1.82) is 0 Å². The first-order valence-corrected chi connectivity index (χ1v) is 7.32. The second-order valence-electron chi connectivity index (χ2n) is 5.24. The largest absolute Gasteiger partial charge is 0.463 e. The lowest BCUT2D eigenvalue weighted by atomic mass is 10.2. The zero-order chi connectivity index (χ0) is 17.2. The van der Waals surface area contributed by atoms with Crippen molar-refractivity contribution in [2.75, 3.05) is 19.8 Å². The van der Waals surface area contributed by atoms with Gasteiger partial charge in [0.25, 0.3) is 0 Å². The Morgan fingerprint density at radius 1 is 1.61 bits per heavy atom. The number of hydrogen-bond donors (Lipinski definition) is 2. The molecule has 23 heavy (non-hydrogen) atoms. The van der Waals surface area contributed by atoms with E-state index in [2.05, 4.69) is 17.5 Å². The monoisotopic (exact) mass is 321 g/mol. The van der Waals surface area contributed by atoms with Crippen LogP contribution in [-0.2, 0) is 14.3 Å². The molecule has 0 amide bonds. The van der Waals surface area contributed by atoms with Crippen LogP contribution in [0.25, 0.3) is 0 Å². The molecule has 126 valence electrons. The van der Waals surface area contributed by atoms with Crippen LogP contribution in [0.2, 0.25) is 0 Å². The van der Waals surface area contributed by atoms with Gasteiger partial charge in [-0.1, -0.05) is 26.3 Å². The van der Waals surface area contributed by atoms with Crippen molar-refractivity contribution in [2.45, 2.75) is 26.4 Å². The third kappa shape index (κ3) is 6.55. The molecule has 0 aromatic carbocycles. The van der Waals surface area contributed by atoms with E-state index < -0.39 is 0 Å². The fourth-order valence-electron chi connectivity index (χ4n) is 1.76. The predicted octanol–water partition coefficient (Wildman–Crippen LogP) is 1.27. The van der Waals surface area contributed by atoms with Crippen LogP contribution in [0.15, 0.2) is 29.7 Å². The average Bonchev–Trinajstić information content (AvgIpc) is 2.54. The molecule has 1 heterocycles. The number of aliphatic imine (C=N–C) groups is 1. The molecule has 0 aromatic rings. The summed E-state index contributed by atoms with van der Waals surface area (Å²) in [5, 5.41) is 8.80. The number of amidine groups is 1. The highest BCUT2D eigenvalue weighted by Crippen LogP contribution is 2.13. The molecule has 1 aliphatic rings. The molecule has 0 saturated heterocycles. The molecule has 0 bridgehead atoms. The molecule has 1 aliphatic heterocycles. The predicted molar refractivity (Wildman–Crippen MR) is 86.3 cm³/mol. The molecule has 7 heteroatoms. The SMILES string of the molecule is C#CCOC(CCN1C=CC(NO)=NC1=C)COC(=O)C(C)C. The molecule has 1 unspecified atom stereocenters. The third-order valence-electron chi connectivity index (χ3n) is 3.09. The number of carbonyl (C=O) groups is 1. The maximum Gasteiger partial charge on any atom is 0.308 e. The summed E-state index contributed by atoms with van der Waals surface area (Å²) in [5.74, 6) is 2.74. The fraction of sp³-hybridized carbons (Fsp3) is 0.500. The highest BCUT2D eigenvalue weighted by Gasteiger charge is 2.17. The summed E-state index contributed by atoms with van der Waals surface area (Å²) in [4.78, 5) is 17.4. The Labute approximate surface area is 136 Å². The minimum atomic E-state index is -0.309. The fourth-order valence-corrected chi connectivity index (χ4v) is 1.76. The van der Waals surface area contributed by atoms with E-state index in [9.17, 15) is 4.79 Å². The second kappa shape index (κ2) is 9.66. The minimum Gasteiger partial charge on any atom is -0.463 e. The Kier molecular flexibility index (Phi) is 7.88. The maximum atomic E-state index is 11.5. The van der Waals surface area contributed by atoms with Crippen molar-refractivity contribution in [3.8, 4) is 12.3 Å². The number of hydrogen-bond acceptors (Lipinski definition) is 7. The zero-order valence-electron chi connectivity index (χ0n) is 13.5. The summed E-state index contributed by atoms with van der Waals surface area (Å²) < 4.78 is 10.7. The summed E-state index contributed by atoms with van der Waals surface area (Å²) >= 11 is 0. The van der Waals surface area contributed by atoms with E-state index in [1.807, 2.05) is 5.48 Å². The Balaban J connectivity index is 2.50. The van der Waals surface area contributed by atoms with Crippen molar-refractivity contribution in [2.24, 2.45) is 10.9 Å². The molecular weight excluding hydrogens is 298 g/mol. The highest BCUT2D eigenvalue weighted by molar-refractivity contribution is 5.93. The normalized spacial score (nSPS) is 15.2. The van der Waals surface area contributed by atoms with Crippen LogP contribution in [0.3, 0.4) is 0 Å². The van der Waals surface area contributed by atoms with Crippen molar-refractivity contribution in [3.05, 3.63) is 24.7 Å². The van der Waals surface area contributed by atoms with Gasteiger partial charge in [-0.25, -0.2) is 4.99 Å². The van der Waals surface area contributed by atoms with Gasteiger partial charge in [-0.15, -0.1) is 6.42 Å². The van der Waals surface area contributed by atoms with E-state index in [1.165, 1.54) is 0 Å². The highest BCUT2D eigenvalue weighted by atomic mass is 16.6. The van der Waals surface area contributed by atoms with E-state index in [1.54, 1.807) is 31.0 Å². The number of terminal acetylenes is 1. The van der Waals surface area contributed by atoms with Crippen LogP contribution in [-0.4, -0.2) is 47.8 Å². The number of rotatable bonds is 8. The smallest absolute Gasteiger partial charge is 0.308 e. The molecule has 0 spiro atoms. The minimum absolute atomic E-state index is 0.148. The van der Waals surface area contributed by atoms with E-state index in [-0.39, 0.29) is 31.2 Å². The van der Waals surface area contributed by atoms with Crippen LogP contribution in [0.5, 0.6) is 0 Å². The van der Waals surface area contributed by atoms with Gasteiger partial charge in [0.1, 0.15) is 19.0 Å². The quantitative estimate of drug-likeness (QED) is 0.398. The molecule has 0 aromatic heterocycles. The standard InChI is InChI=1S/C16H23N3O4/c1-5-10-22-14(11-23-16(20)12(2)3)6-8-19-9-7-15(18-21)17-13(19)4/h1,7,9,12,14,21H,4,6,8,10-11H2,2-3H3,(H,17,18). The van der Waals surface area contributed by atoms with Crippen molar-refractivity contribution in [1.82, 2.24) is 10.4 Å². The molecule has 1 atom stereocenters. The summed E-state index contributed by atoms with van der Waals surface area (Å²) in [6.45, 7) is 8.21. The molecule has 1 rings (SSSR count). The molecule has 2 N–H and O–H groups in total. The lowest BCUT2D eigenvalue weighted by Crippen LogP contribution is -2.31. The average molecular weight is 321 g/mol. The van der Waals surface area contributed by atoms with E-state index in [0.29, 0.717) is 24.6 Å². The van der Waals surface area contributed by atoms with Gasteiger partial charge < -0.3 is 14.4 Å². The summed E-state index contributed by atoms with van der Waals surface area (Å²) in [6.07, 6.45) is 8.83. The molecule has 0 saturated carbocycles. The Bertz CT molecular complexity index is 520. The van der Waals surface area contributed by atoms with Crippen LogP contribution in [0, 0.1) is 18.3 Å². The number of nitrogens with one attached hydrogen (secondary N) is 1. The lowest BCUT2D eigenvalue weighted by molar-refractivity contribution is -0.151. The third-order valence-corrected chi connectivity index (χ3v) is 3.09. The molecule has 0 fully saturated rings. The number of esters is 1. The molecule has 0 radical (unpaired) electrons. The Hall–Kier alpha value is -2.30. The van der Waals surface area contributed by atoms with Gasteiger partial charge >= 0.3 is 5.97 Å². The van der Waals surface area contributed by atoms with Gasteiger partial charge in [-0.3, -0.25) is 15.5 Å². The lowest BCUT2D eigenvalue weighted by Gasteiger charge is -2.25. The number of nitrogens with zero attached hydrogens (tertiary/aromatic N) is 2. The van der Waals surface area contributed by atoms with Crippen LogP contribution >= 0.6 is 0 Å². The molecule has 0 aliphatic carbocycles. The summed E-state index contributed by atoms with van der Waals surface area (Å²) in [7, 11) is 0. The van der Waals surface area contributed by atoms with Crippen LogP contribution in [0.4, 0.5) is 0 Å². The van der Waals surface area contributed by atoms with Crippen molar-refractivity contribution < 1.29 is 19.5 Å². The van der Waals surface area contributed by atoms with Gasteiger partial charge in [0.05, 0.1) is 12.0 Å². The Morgan fingerprint density at radius 2 is 2.35 bits per heavy atom. The number of carbonyl (C=O) groups excluding carboxylic acids is 1. The Morgan fingerprint density at radius 3 is 2.91 bits per heavy atom. The van der Waals surface area contributed by atoms with Crippen molar-refractivity contribution in [3.63, 3.8) is 0 Å². The van der Waals surface area contributed by atoms with Gasteiger partial charge in [0.15, 0.2) is 5.84 Å². The van der Waals surface area contributed by atoms with Crippen LogP contribution < -0.4 is 5.48 Å². The zero-order valence-corrected chi connectivity index (χ0v) is 13.5. The van der Waals surface area contributed by atoms with Crippen LogP contribution in [0.1, 0.15) is 20.3 Å². The van der Waals surface area contributed by atoms with Gasteiger partial charge in [0.2, 0.25) is 0 Å². The van der Waals surface area contributed by atoms with E-state index >= 15 is 0 Å². The first-order chi connectivity index (χ1) is 11.0. The first-order valence-electron chi connectivity index (χ1n) is 7.32. The summed E-state index contributed by atoms with van der Waals surface area (Å²) in [6, 6.07) is 0. The van der Waals surface area contributed by atoms with Gasteiger partial charge in [-0.2, -0.15) is 0 Å². The van der Waals surface area contributed by atoms with Crippen molar-refractivity contribution >= 4 is 11.8 Å². The molecular formula is C16H23N3O4.